The van der Waals surface area contributed by atoms with Crippen molar-refractivity contribution in [2.24, 2.45) is 0 Å². The lowest BCUT2D eigenvalue weighted by Gasteiger charge is -2.07. The minimum Gasteiger partial charge on any atom is -0.345 e. The Morgan fingerprint density at radius 2 is 1.95 bits per heavy atom. The Bertz CT molecular complexity index is 872. The van der Waals surface area contributed by atoms with Crippen LogP contribution < -0.4 is 0 Å². The van der Waals surface area contributed by atoms with Gasteiger partial charge in [-0.3, -0.25) is 0 Å². The summed E-state index contributed by atoms with van der Waals surface area (Å²) in [7, 11) is 0. The van der Waals surface area contributed by atoms with Gasteiger partial charge in [0.2, 0.25) is 0 Å². The molecule has 1 aromatic carbocycles. The lowest BCUT2D eigenvalue weighted by molar-refractivity contribution is 0.628. The molecule has 0 spiro atoms. The number of halogens is 1. The van der Waals surface area contributed by atoms with E-state index in [1.165, 1.54) is 12.1 Å². The van der Waals surface area contributed by atoms with E-state index in [2.05, 4.69) is 11.1 Å². The summed E-state index contributed by atoms with van der Waals surface area (Å²) in [6.07, 6.45) is 0. The van der Waals surface area contributed by atoms with Crippen LogP contribution in [0.5, 0.6) is 0 Å². The Morgan fingerprint density at radius 1 is 1.19 bits per heavy atom. The maximum Gasteiger partial charge on any atom is 0.123 e. The molecular formula is C16H9FN2S2. The second kappa shape index (κ2) is 5.60. The van der Waals surface area contributed by atoms with Crippen molar-refractivity contribution in [2.45, 2.75) is 0 Å². The lowest BCUT2D eigenvalue weighted by Crippen LogP contribution is -1.92. The van der Waals surface area contributed by atoms with Gasteiger partial charge in [-0.15, -0.1) is 11.3 Å². The molecule has 102 valence electrons. The first-order valence-corrected chi connectivity index (χ1v) is 7.45. The number of nitrogens with one attached hydrogen (secondary N) is 1. The number of nitrogens with zero attached hydrogens (tertiary/aromatic N) is 1. The van der Waals surface area contributed by atoms with Gasteiger partial charge >= 0.3 is 0 Å². The van der Waals surface area contributed by atoms with E-state index >= 15 is 0 Å². The van der Waals surface area contributed by atoms with E-state index in [9.17, 15) is 9.65 Å². The third-order valence-corrected chi connectivity index (χ3v) is 4.30. The summed E-state index contributed by atoms with van der Waals surface area (Å²) in [5.41, 5.74) is 2.85. The number of nitriles is 1. The molecule has 2 nitrogen and oxygen atoms in total. The van der Waals surface area contributed by atoms with E-state index in [-0.39, 0.29) is 5.82 Å². The molecule has 2 aromatic heterocycles. The average molecular weight is 312 g/mol. The molecule has 0 aliphatic heterocycles. The van der Waals surface area contributed by atoms with E-state index in [1.807, 2.05) is 23.6 Å². The number of H-pyrrole nitrogens is 1. The van der Waals surface area contributed by atoms with Gasteiger partial charge in [-0.25, -0.2) is 4.39 Å². The van der Waals surface area contributed by atoms with E-state index < -0.39 is 0 Å². The predicted molar refractivity (Wildman–Crippen MR) is 85.0 cm³/mol. The van der Waals surface area contributed by atoms with Crippen molar-refractivity contribution >= 4 is 23.6 Å². The van der Waals surface area contributed by atoms with E-state index in [4.69, 9.17) is 12.2 Å². The van der Waals surface area contributed by atoms with Gasteiger partial charge in [0.05, 0.1) is 5.56 Å². The SMILES string of the molecule is N#Cc1c(-c2cccs2)cc(-c2ccc(F)cc2)[nH]c1=S. The summed E-state index contributed by atoms with van der Waals surface area (Å²) < 4.78 is 13.4. The quantitative estimate of drug-likeness (QED) is 0.665. The molecule has 0 saturated heterocycles. The third kappa shape index (κ3) is 2.64. The number of pyridine rings is 1. The molecule has 0 fully saturated rings. The highest BCUT2D eigenvalue weighted by atomic mass is 32.1. The number of hydrogen-bond acceptors (Lipinski definition) is 3. The van der Waals surface area contributed by atoms with Crippen LogP contribution in [0, 0.1) is 21.8 Å². The highest BCUT2D eigenvalue weighted by Gasteiger charge is 2.11. The predicted octanol–water partition coefficient (Wildman–Crippen LogP) is 5.15. The summed E-state index contributed by atoms with van der Waals surface area (Å²) in [6.45, 7) is 0. The molecule has 1 N–H and O–H groups in total. The fourth-order valence-corrected chi connectivity index (χ4v) is 3.10. The Kier molecular flexibility index (Phi) is 3.65. The molecule has 0 atom stereocenters. The minimum atomic E-state index is -0.288. The van der Waals surface area contributed by atoms with Gasteiger partial charge in [-0.05, 0) is 47.3 Å². The summed E-state index contributed by atoms with van der Waals surface area (Å²) >= 11 is 6.83. The zero-order valence-electron chi connectivity index (χ0n) is 10.8. The van der Waals surface area contributed by atoms with Crippen LogP contribution in [0.2, 0.25) is 0 Å². The molecule has 0 aliphatic rings. The number of rotatable bonds is 2. The lowest BCUT2D eigenvalue weighted by atomic mass is 10.0. The Balaban J connectivity index is 2.23. The van der Waals surface area contributed by atoms with Crippen molar-refractivity contribution in [1.29, 1.82) is 5.26 Å². The van der Waals surface area contributed by atoms with Crippen LogP contribution in [0.25, 0.3) is 21.7 Å². The van der Waals surface area contributed by atoms with Gasteiger partial charge < -0.3 is 4.98 Å². The molecule has 5 heteroatoms. The normalized spacial score (nSPS) is 10.3. The monoisotopic (exact) mass is 312 g/mol. The van der Waals surface area contributed by atoms with Crippen molar-refractivity contribution in [1.82, 2.24) is 4.98 Å². The maximum atomic E-state index is 13.0. The van der Waals surface area contributed by atoms with Gasteiger partial charge in [0.1, 0.15) is 16.5 Å². The molecule has 3 aromatic rings. The summed E-state index contributed by atoms with van der Waals surface area (Å²) in [6, 6.07) is 14.1. The number of hydrogen-bond donors (Lipinski definition) is 1. The second-order valence-electron chi connectivity index (χ2n) is 4.40. The van der Waals surface area contributed by atoms with E-state index in [0.29, 0.717) is 10.2 Å². The molecule has 0 amide bonds. The second-order valence-corrected chi connectivity index (χ2v) is 5.75. The van der Waals surface area contributed by atoms with E-state index in [1.54, 1.807) is 23.5 Å². The standard InChI is InChI=1S/C16H9FN2S2/c17-11-5-3-10(4-6-11)14-8-12(15-2-1-7-21-15)13(9-18)16(20)19-14/h1-8H,(H,19,20). The number of aromatic amines is 1. The molecule has 2 heterocycles. The smallest absolute Gasteiger partial charge is 0.123 e. The Labute approximate surface area is 130 Å². The third-order valence-electron chi connectivity index (χ3n) is 3.09. The van der Waals surface area contributed by atoms with Crippen molar-refractivity contribution in [2.75, 3.05) is 0 Å². The largest absolute Gasteiger partial charge is 0.345 e. The topological polar surface area (TPSA) is 39.6 Å². The van der Waals surface area contributed by atoms with Gasteiger partial charge in [0, 0.05) is 16.1 Å². The molecule has 3 rings (SSSR count). The molecule has 0 saturated carbocycles. The molecule has 21 heavy (non-hydrogen) atoms. The van der Waals surface area contributed by atoms with Crippen LogP contribution in [-0.4, -0.2) is 4.98 Å². The maximum absolute atomic E-state index is 13.0. The van der Waals surface area contributed by atoms with Crippen molar-refractivity contribution in [3.63, 3.8) is 0 Å². The number of thiophene rings is 1. The Hall–Kier alpha value is -2.29. The van der Waals surface area contributed by atoms with Gasteiger partial charge in [-0.1, -0.05) is 18.3 Å². The van der Waals surface area contributed by atoms with E-state index in [0.717, 1.165) is 21.7 Å². The number of benzene rings is 1. The minimum absolute atomic E-state index is 0.288. The summed E-state index contributed by atoms with van der Waals surface area (Å²) in [4.78, 5) is 4.02. The van der Waals surface area contributed by atoms with Gasteiger partial charge in [0.15, 0.2) is 0 Å². The van der Waals surface area contributed by atoms with Crippen LogP contribution in [0.3, 0.4) is 0 Å². The van der Waals surface area contributed by atoms with Crippen LogP contribution in [0.4, 0.5) is 4.39 Å². The first-order valence-electron chi connectivity index (χ1n) is 6.16. The van der Waals surface area contributed by atoms with Crippen molar-refractivity contribution < 1.29 is 4.39 Å². The molecule has 0 unspecified atom stereocenters. The summed E-state index contributed by atoms with van der Waals surface area (Å²) in [5.74, 6) is -0.288. The van der Waals surface area contributed by atoms with Gasteiger partial charge in [0.25, 0.3) is 0 Å². The van der Waals surface area contributed by atoms with Gasteiger partial charge in [-0.2, -0.15) is 5.26 Å². The Morgan fingerprint density at radius 3 is 2.57 bits per heavy atom. The zero-order chi connectivity index (χ0) is 14.8. The first-order chi connectivity index (χ1) is 10.2. The van der Waals surface area contributed by atoms with Crippen LogP contribution >= 0.6 is 23.6 Å². The first kappa shape index (κ1) is 13.7. The van der Waals surface area contributed by atoms with Crippen LogP contribution in [0.1, 0.15) is 5.56 Å². The van der Waals surface area contributed by atoms with Crippen molar-refractivity contribution in [3.8, 4) is 27.8 Å². The molecule has 0 bridgehead atoms. The van der Waals surface area contributed by atoms with Crippen LogP contribution in [0.15, 0.2) is 47.8 Å². The number of aromatic nitrogens is 1. The van der Waals surface area contributed by atoms with Crippen LogP contribution in [-0.2, 0) is 0 Å². The average Bonchev–Trinajstić information content (AvgIpc) is 3.01. The van der Waals surface area contributed by atoms with Crippen molar-refractivity contribution in [3.05, 3.63) is 63.9 Å². The zero-order valence-corrected chi connectivity index (χ0v) is 12.4. The molecular weight excluding hydrogens is 303 g/mol. The molecule has 0 aliphatic carbocycles. The highest BCUT2D eigenvalue weighted by Crippen LogP contribution is 2.31. The fourth-order valence-electron chi connectivity index (χ4n) is 2.08. The fraction of sp³-hybridized carbons (Fsp3) is 0. The molecule has 0 radical (unpaired) electrons. The summed E-state index contributed by atoms with van der Waals surface area (Å²) in [5, 5.41) is 11.3. The highest BCUT2D eigenvalue weighted by molar-refractivity contribution is 7.71.